The molecule has 7 heteroatoms. The summed E-state index contributed by atoms with van der Waals surface area (Å²) in [5, 5.41) is 6.23. The van der Waals surface area contributed by atoms with E-state index in [1.54, 1.807) is 44.3 Å². The van der Waals surface area contributed by atoms with Crippen LogP contribution in [-0.4, -0.2) is 21.5 Å². The average Bonchev–Trinajstić information content (AvgIpc) is 3.11. The molecule has 0 atom stereocenters. The van der Waals surface area contributed by atoms with Gasteiger partial charge in [0.2, 0.25) is 0 Å². The molecule has 2 aromatic heterocycles. The third-order valence-corrected chi connectivity index (χ3v) is 4.76. The van der Waals surface area contributed by atoms with Crippen molar-refractivity contribution in [3.8, 4) is 16.5 Å². The molecule has 0 saturated carbocycles. The van der Waals surface area contributed by atoms with Crippen molar-refractivity contribution in [2.75, 3.05) is 0 Å². The van der Waals surface area contributed by atoms with Crippen LogP contribution in [0.4, 0.5) is 0 Å². The molecule has 0 radical (unpaired) electrons. The molecule has 3 aromatic rings. The first-order valence-corrected chi connectivity index (χ1v) is 9.28. The summed E-state index contributed by atoms with van der Waals surface area (Å²) >= 11 is 7.36. The monoisotopic (exact) mass is 387 g/mol. The number of nitrogens with zero attached hydrogens (tertiary/aromatic N) is 2. The highest BCUT2D eigenvalue weighted by atomic mass is 35.5. The van der Waals surface area contributed by atoms with Gasteiger partial charge in [-0.25, -0.2) is 4.98 Å². The minimum Gasteiger partial charge on any atom is -0.478 e. The van der Waals surface area contributed by atoms with Gasteiger partial charge in [0, 0.05) is 16.6 Å². The maximum absolute atomic E-state index is 12.5. The topological polar surface area (TPSA) is 64.1 Å². The fraction of sp³-hybridized carbons (Fsp3) is 0.211. The fourth-order valence-electron chi connectivity index (χ4n) is 2.22. The minimum atomic E-state index is -1.02. The van der Waals surface area contributed by atoms with Gasteiger partial charge in [0.25, 0.3) is 5.91 Å². The van der Waals surface area contributed by atoms with Gasteiger partial charge in [-0.3, -0.25) is 9.78 Å². The van der Waals surface area contributed by atoms with Crippen LogP contribution >= 0.6 is 22.9 Å². The fourth-order valence-corrected chi connectivity index (χ4v) is 3.14. The Kier molecular flexibility index (Phi) is 5.54. The van der Waals surface area contributed by atoms with Crippen LogP contribution in [0.5, 0.6) is 5.75 Å². The molecule has 0 aliphatic carbocycles. The van der Waals surface area contributed by atoms with Crippen molar-refractivity contribution >= 4 is 28.8 Å². The smallest absolute Gasteiger partial charge is 0.263 e. The summed E-state index contributed by atoms with van der Waals surface area (Å²) in [7, 11) is 0. The first kappa shape index (κ1) is 18.4. The summed E-state index contributed by atoms with van der Waals surface area (Å²) in [6.45, 7) is 3.77. The molecule has 1 amide bonds. The molecule has 0 spiro atoms. The molecule has 1 N–H and O–H groups in total. The van der Waals surface area contributed by atoms with Crippen molar-refractivity contribution in [3.05, 3.63) is 64.8 Å². The van der Waals surface area contributed by atoms with Gasteiger partial charge in [-0.15, -0.1) is 11.3 Å². The summed E-state index contributed by atoms with van der Waals surface area (Å²) < 4.78 is 5.78. The van der Waals surface area contributed by atoms with Gasteiger partial charge in [-0.05, 0) is 50.2 Å². The van der Waals surface area contributed by atoms with Gasteiger partial charge in [0.1, 0.15) is 10.8 Å². The van der Waals surface area contributed by atoms with Crippen LogP contribution in [0.3, 0.4) is 0 Å². The van der Waals surface area contributed by atoms with E-state index in [1.807, 2.05) is 23.6 Å². The number of pyridine rings is 1. The lowest BCUT2D eigenvalue weighted by Gasteiger charge is -2.25. The number of carbonyl (C=O) groups is 1. The predicted molar refractivity (Wildman–Crippen MR) is 103 cm³/mol. The summed E-state index contributed by atoms with van der Waals surface area (Å²) in [6.07, 6.45) is 1.73. The van der Waals surface area contributed by atoms with Crippen molar-refractivity contribution in [1.29, 1.82) is 0 Å². The molecule has 3 rings (SSSR count). The number of aromatic nitrogens is 2. The zero-order valence-corrected chi connectivity index (χ0v) is 16.0. The van der Waals surface area contributed by atoms with Gasteiger partial charge >= 0.3 is 0 Å². The minimum absolute atomic E-state index is 0.222. The molecular weight excluding hydrogens is 370 g/mol. The molecule has 0 aliphatic heterocycles. The van der Waals surface area contributed by atoms with Crippen LogP contribution in [0, 0.1) is 0 Å². The zero-order chi connectivity index (χ0) is 18.6. The Morgan fingerprint density at radius 3 is 2.69 bits per heavy atom. The van der Waals surface area contributed by atoms with Crippen LogP contribution in [0.15, 0.2) is 54.0 Å². The number of carbonyl (C=O) groups excluding carboxylic acids is 1. The molecule has 1 aromatic carbocycles. The van der Waals surface area contributed by atoms with E-state index in [4.69, 9.17) is 16.3 Å². The quantitative estimate of drug-likeness (QED) is 0.683. The number of benzene rings is 1. The third-order valence-electron chi connectivity index (χ3n) is 3.60. The van der Waals surface area contributed by atoms with Gasteiger partial charge < -0.3 is 10.1 Å². The zero-order valence-electron chi connectivity index (χ0n) is 14.4. The normalized spacial score (nSPS) is 11.2. The van der Waals surface area contributed by atoms with Crippen LogP contribution in [-0.2, 0) is 11.3 Å². The van der Waals surface area contributed by atoms with Gasteiger partial charge in [0.15, 0.2) is 5.60 Å². The van der Waals surface area contributed by atoms with E-state index in [1.165, 1.54) is 11.3 Å². The number of nitrogens with one attached hydrogen (secondary N) is 1. The predicted octanol–water partition coefficient (Wildman–Crippen LogP) is 4.33. The van der Waals surface area contributed by atoms with Crippen molar-refractivity contribution in [3.63, 3.8) is 0 Å². The van der Waals surface area contributed by atoms with Crippen molar-refractivity contribution in [2.24, 2.45) is 0 Å². The Balaban J connectivity index is 1.59. The summed E-state index contributed by atoms with van der Waals surface area (Å²) in [6, 6.07) is 12.6. The molecule has 134 valence electrons. The second kappa shape index (κ2) is 7.85. The molecule has 0 bridgehead atoms. The van der Waals surface area contributed by atoms with E-state index < -0.39 is 5.60 Å². The van der Waals surface area contributed by atoms with Crippen molar-refractivity contribution in [2.45, 2.75) is 26.0 Å². The lowest BCUT2D eigenvalue weighted by Crippen LogP contribution is -2.46. The SMILES string of the molecule is CC(C)(Oc1ccc(Cl)cc1)C(=O)NCc1csc(-c2ccccn2)n1. The highest BCUT2D eigenvalue weighted by Gasteiger charge is 2.29. The highest BCUT2D eigenvalue weighted by Crippen LogP contribution is 2.23. The molecule has 2 heterocycles. The first-order chi connectivity index (χ1) is 12.4. The number of halogens is 1. The second-order valence-electron chi connectivity index (χ2n) is 6.11. The molecular formula is C19H18ClN3O2S. The average molecular weight is 388 g/mol. The molecule has 0 unspecified atom stereocenters. The number of ether oxygens (including phenoxy) is 1. The van der Waals surface area contributed by atoms with Crippen molar-refractivity contribution in [1.82, 2.24) is 15.3 Å². The number of hydrogen-bond donors (Lipinski definition) is 1. The van der Waals surface area contributed by atoms with Crippen LogP contribution in [0.1, 0.15) is 19.5 Å². The number of amides is 1. The lowest BCUT2D eigenvalue weighted by atomic mass is 10.1. The molecule has 5 nitrogen and oxygen atoms in total. The maximum atomic E-state index is 12.5. The Bertz CT molecular complexity index is 879. The first-order valence-electron chi connectivity index (χ1n) is 8.03. The molecule has 0 aliphatic rings. The van der Waals surface area contributed by atoms with Crippen LogP contribution < -0.4 is 10.1 Å². The Morgan fingerprint density at radius 1 is 1.23 bits per heavy atom. The van der Waals surface area contributed by atoms with E-state index in [0.29, 0.717) is 17.3 Å². The van der Waals surface area contributed by atoms with E-state index >= 15 is 0 Å². The Morgan fingerprint density at radius 2 is 2.00 bits per heavy atom. The lowest BCUT2D eigenvalue weighted by molar-refractivity contribution is -0.134. The highest BCUT2D eigenvalue weighted by molar-refractivity contribution is 7.13. The van der Waals surface area contributed by atoms with E-state index in [9.17, 15) is 4.79 Å². The summed E-state index contributed by atoms with van der Waals surface area (Å²) in [4.78, 5) is 21.3. The maximum Gasteiger partial charge on any atom is 0.263 e. The number of rotatable bonds is 6. The van der Waals surface area contributed by atoms with Crippen LogP contribution in [0.2, 0.25) is 5.02 Å². The molecule has 0 fully saturated rings. The van der Waals surface area contributed by atoms with Gasteiger partial charge in [-0.1, -0.05) is 17.7 Å². The van der Waals surface area contributed by atoms with E-state index in [-0.39, 0.29) is 5.91 Å². The summed E-state index contributed by atoms with van der Waals surface area (Å²) in [5.41, 5.74) is 0.584. The third kappa shape index (κ3) is 4.59. The van der Waals surface area contributed by atoms with Crippen molar-refractivity contribution < 1.29 is 9.53 Å². The van der Waals surface area contributed by atoms with E-state index in [0.717, 1.165) is 16.4 Å². The Hall–Kier alpha value is -2.44. The number of thiazole rings is 1. The Labute approximate surface area is 161 Å². The molecule has 0 saturated heterocycles. The standard InChI is InChI=1S/C19H18ClN3O2S/c1-19(2,25-15-8-6-13(20)7-9-15)18(24)22-11-14-12-26-17(23-14)16-5-3-4-10-21-16/h3-10,12H,11H2,1-2H3,(H,22,24). The largest absolute Gasteiger partial charge is 0.478 e. The second-order valence-corrected chi connectivity index (χ2v) is 7.40. The molecule has 26 heavy (non-hydrogen) atoms. The van der Waals surface area contributed by atoms with Gasteiger partial charge in [0.05, 0.1) is 17.9 Å². The van der Waals surface area contributed by atoms with E-state index in [2.05, 4.69) is 15.3 Å². The number of hydrogen-bond acceptors (Lipinski definition) is 5. The van der Waals surface area contributed by atoms with Crippen LogP contribution in [0.25, 0.3) is 10.7 Å². The van der Waals surface area contributed by atoms with Gasteiger partial charge in [-0.2, -0.15) is 0 Å². The summed E-state index contributed by atoms with van der Waals surface area (Å²) in [5.74, 6) is 0.362.